The number of hydrogen-bond acceptors (Lipinski definition) is 3. The van der Waals surface area contributed by atoms with E-state index in [4.69, 9.17) is 0 Å². The third-order valence-electron chi connectivity index (χ3n) is 5.31. The zero-order valence-corrected chi connectivity index (χ0v) is 16.7. The summed E-state index contributed by atoms with van der Waals surface area (Å²) in [6.45, 7) is 3.75. The molecule has 1 heterocycles. The fourth-order valence-corrected chi connectivity index (χ4v) is 3.81. The van der Waals surface area contributed by atoms with Gasteiger partial charge in [0.2, 0.25) is 5.91 Å². The van der Waals surface area contributed by atoms with E-state index in [1.54, 1.807) is 0 Å². The Bertz CT molecular complexity index is 795. The van der Waals surface area contributed by atoms with Crippen LogP contribution in [0.1, 0.15) is 50.8 Å². The number of aryl methyl sites for hydroxylation is 1. The number of amides is 3. The molecular formula is C21H31N5O2. The van der Waals surface area contributed by atoms with Gasteiger partial charge in [-0.3, -0.25) is 4.79 Å². The van der Waals surface area contributed by atoms with Gasteiger partial charge in [-0.1, -0.05) is 31.4 Å². The van der Waals surface area contributed by atoms with Crippen LogP contribution in [0.4, 0.5) is 4.79 Å². The summed E-state index contributed by atoms with van der Waals surface area (Å²) in [5.74, 6) is 0.959. The largest absolute Gasteiger partial charge is 0.354 e. The van der Waals surface area contributed by atoms with Gasteiger partial charge in [0.25, 0.3) is 0 Å². The lowest BCUT2D eigenvalue weighted by Crippen LogP contribution is -2.43. The Morgan fingerprint density at radius 1 is 1.11 bits per heavy atom. The van der Waals surface area contributed by atoms with E-state index < -0.39 is 0 Å². The van der Waals surface area contributed by atoms with Crippen molar-refractivity contribution in [3.8, 4) is 0 Å². The average Bonchev–Trinajstić information content (AvgIpc) is 3.01. The number of rotatable bonds is 8. The van der Waals surface area contributed by atoms with Crippen LogP contribution in [0.3, 0.4) is 0 Å². The van der Waals surface area contributed by atoms with Crippen molar-refractivity contribution < 1.29 is 9.59 Å². The molecule has 0 spiro atoms. The smallest absolute Gasteiger partial charge is 0.315 e. The third kappa shape index (κ3) is 5.71. The molecule has 3 rings (SSSR count). The van der Waals surface area contributed by atoms with Gasteiger partial charge >= 0.3 is 6.03 Å². The predicted molar refractivity (Wildman–Crippen MR) is 110 cm³/mol. The minimum Gasteiger partial charge on any atom is -0.354 e. The van der Waals surface area contributed by atoms with Crippen molar-refractivity contribution in [2.24, 2.45) is 0 Å². The summed E-state index contributed by atoms with van der Waals surface area (Å²) in [6, 6.07) is 8.20. The van der Waals surface area contributed by atoms with Gasteiger partial charge in [0, 0.05) is 32.1 Å². The maximum absolute atomic E-state index is 12.0. The number of imidazole rings is 1. The molecule has 1 fully saturated rings. The highest BCUT2D eigenvalue weighted by molar-refractivity contribution is 5.77. The first-order chi connectivity index (χ1) is 13.6. The van der Waals surface area contributed by atoms with Crippen LogP contribution < -0.4 is 16.0 Å². The Kier molecular flexibility index (Phi) is 7.28. The normalized spacial score (nSPS) is 14.8. The summed E-state index contributed by atoms with van der Waals surface area (Å²) in [6.07, 6.45) is 6.85. The molecule has 1 aromatic heterocycles. The number of para-hydroxylation sites is 2. The van der Waals surface area contributed by atoms with Gasteiger partial charge in [-0.05, 0) is 38.3 Å². The minimum atomic E-state index is -0.116. The van der Waals surface area contributed by atoms with Crippen molar-refractivity contribution in [3.63, 3.8) is 0 Å². The number of urea groups is 1. The predicted octanol–water partition coefficient (Wildman–Crippen LogP) is 2.87. The number of nitrogens with zero attached hydrogens (tertiary/aromatic N) is 2. The molecule has 0 bridgehead atoms. The van der Waals surface area contributed by atoms with E-state index in [-0.39, 0.29) is 11.9 Å². The molecule has 1 aliphatic carbocycles. The Hall–Kier alpha value is -2.57. The van der Waals surface area contributed by atoms with Crippen LogP contribution in [0.25, 0.3) is 11.0 Å². The number of nitrogens with one attached hydrogen (secondary N) is 3. The van der Waals surface area contributed by atoms with Crippen molar-refractivity contribution in [2.75, 3.05) is 13.1 Å². The molecule has 0 radical (unpaired) electrons. The van der Waals surface area contributed by atoms with Gasteiger partial charge in [-0.15, -0.1) is 0 Å². The van der Waals surface area contributed by atoms with Gasteiger partial charge in [0.05, 0.1) is 11.0 Å². The fraction of sp³-hybridized carbons (Fsp3) is 0.571. The first kappa shape index (κ1) is 20.2. The van der Waals surface area contributed by atoms with Crippen LogP contribution in [0.15, 0.2) is 24.3 Å². The summed E-state index contributed by atoms with van der Waals surface area (Å²) in [5.41, 5.74) is 2.06. The van der Waals surface area contributed by atoms with Gasteiger partial charge in [0.1, 0.15) is 5.82 Å². The van der Waals surface area contributed by atoms with E-state index in [9.17, 15) is 9.59 Å². The Morgan fingerprint density at radius 2 is 1.89 bits per heavy atom. The molecule has 3 N–H and O–H groups in total. The molecule has 2 aromatic rings. The number of carbonyl (C=O) groups is 2. The zero-order chi connectivity index (χ0) is 19.8. The summed E-state index contributed by atoms with van der Waals surface area (Å²) in [4.78, 5) is 28.4. The van der Waals surface area contributed by atoms with Gasteiger partial charge in [-0.25, -0.2) is 9.78 Å². The molecule has 1 aliphatic rings. The fourth-order valence-electron chi connectivity index (χ4n) is 3.81. The SMILES string of the molecule is Cc1nc2ccccc2n1CCNC(=O)CCCNC(=O)NC1CCCCC1. The monoisotopic (exact) mass is 385 g/mol. The second-order valence-corrected chi connectivity index (χ2v) is 7.49. The Labute approximate surface area is 166 Å². The van der Waals surface area contributed by atoms with E-state index >= 15 is 0 Å². The average molecular weight is 386 g/mol. The standard InChI is InChI=1S/C21H31N5O2/c1-16-24-18-10-5-6-11-19(18)26(16)15-14-22-20(27)12-7-13-23-21(28)25-17-8-3-2-4-9-17/h5-6,10-11,17H,2-4,7-9,12-15H2,1H3,(H,22,27)(H2,23,25,28). The number of carbonyl (C=O) groups excluding carboxylic acids is 2. The van der Waals surface area contributed by atoms with Crippen LogP contribution >= 0.6 is 0 Å². The summed E-state index contributed by atoms with van der Waals surface area (Å²) in [5, 5.41) is 8.82. The molecule has 0 unspecified atom stereocenters. The summed E-state index contributed by atoms with van der Waals surface area (Å²) in [7, 11) is 0. The van der Waals surface area contributed by atoms with Crippen molar-refractivity contribution in [3.05, 3.63) is 30.1 Å². The van der Waals surface area contributed by atoms with E-state index in [1.807, 2.05) is 31.2 Å². The highest BCUT2D eigenvalue weighted by Gasteiger charge is 2.15. The van der Waals surface area contributed by atoms with Crippen molar-refractivity contribution in [1.82, 2.24) is 25.5 Å². The van der Waals surface area contributed by atoms with Crippen LogP contribution in [0.2, 0.25) is 0 Å². The van der Waals surface area contributed by atoms with E-state index in [0.29, 0.717) is 38.5 Å². The van der Waals surface area contributed by atoms with E-state index in [1.165, 1.54) is 19.3 Å². The van der Waals surface area contributed by atoms with Gasteiger partial charge in [-0.2, -0.15) is 0 Å². The summed E-state index contributed by atoms with van der Waals surface area (Å²) < 4.78 is 2.12. The molecule has 3 amide bonds. The maximum atomic E-state index is 12.0. The van der Waals surface area contributed by atoms with Gasteiger partial charge in [0.15, 0.2) is 0 Å². The van der Waals surface area contributed by atoms with Crippen LogP contribution in [-0.2, 0) is 11.3 Å². The van der Waals surface area contributed by atoms with Crippen molar-refractivity contribution in [2.45, 2.75) is 64.5 Å². The minimum absolute atomic E-state index is 0.0107. The molecule has 0 aliphatic heterocycles. The molecule has 28 heavy (non-hydrogen) atoms. The van der Waals surface area contributed by atoms with Crippen LogP contribution in [-0.4, -0.2) is 40.6 Å². The first-order valence-corrected chi connectivity index (χ1v) is 10.4. The quantitative estimate of drug-likeness (QED) is 0.611. The molecular weight excluding hydrogens is 354 g/mol. The molecule has 0 atom stereocenters. The molecule has 1 saturated carbocycles. The van der Waals surface area contributed by atoms with Crippen LogP contribution in [0, 0.1) is 6.92 Å². The van der Waals surface area contributed by atoms with Gasteiger partial charge < -0.3 is 20.5 Å². The molecule has 152 valence electrons. The first-order valence-electron chi connectivity index (χ1n) is 10.4. The molecule has 1 aromatic carbocycles. The van der Waals surface area contributed by atoms with E-state index in [2.05, 4.69) is 25.5 Å². The third-order valence-corrected chi connectivity index (χ3v) is 5.31. The lowest BCUT2D eigenvalue weighted by Gasteiger charge is -2.22. The zero-order valence-electron chi connectivity index (χ0n) is 16.7. The lowest BCUT2D eigenvalue weighted by atomic mass is 9.96. The number of hydrogen-bond donors (Lipinski definition) is 3. The Balaban J connectivity index is 1.29. The topological polar surface area (TPSA) is 88.1 Å². The lowest BCUT2D eigenvalue weighted by molar-refractivity contribution is -0.121. The van der Waals surface area contributed by atoms with Crippen LogP contribution in [0.5, 0.6) is 0 Å². The number of fused-ring (bicyclic) bond motifs is 1. The van der Waals surface area contributed by atoms with E-state index in [0.717, 1.165) is 29.7 Å². The highest BCUT2D eigenvalue weighted by atomic mass is 16.2. The van der Waals surface area contributed by atoms with Crippen molar-refractivity contribution in [1.29, 1.82) is 0 Å². The Morgan fingerprint density at radius 3 is 2.71 bits per heavy atom. The molecule has 7 heteroatoms. The maximum Gasteiger partial charge on any atom is 0.315 e. The second-order valence-electron chi connectivity index (χ2n) is 7.49. The van der Waals surface area contributed by atoms with Crippen molar-refractivity contribution >= 4 is 23.0 Å². The molecule has 0 saturated heterocycles. The number of aromatic nitrogens is 2. The molecule has 7 nitrogen and oxygen atoms in total. The summed E-state index contributed by atoms with van der Waals surface area (Å²) >= 11 is 0. The highest BCUT2D eigenvalue weighted by Crippen LogP contribution is 2.17. The second kappa shape index (κ2) is 10.1. The number of benzene rings is 1.